The minimum absolute atomic E-state index is 0.0117. The fourth-order valence-corrected chi connectivity index (χ4v) is 4.17. The summed E-state index contributed by atoms with van der Waals surface area (Å²) >= 11 is 0. The molecule has 0 aromatic heterocycles. The second kappa shape index (κ2) is 20.4. The van der Waals surface area contributed by atoms with E-state index in [0.29, 0.717) is 5.56 Å². The van der Waals surface area contributed by atoms with Gasteiger partial charge in [0.15, 0.2) is 5.96 Å². The monoisotopic (exact) mass is 691 g/mol. The average molecular weight is 692 g/mol. The van der Waals surface area contributed by atoms with Crippen molar-refractivity contribution in [3.8, 4) is 0 Å². The Bertz CT molecular complexity index is 1390. The molecule has 0 radical (unpaired) electrons. The zero-order chi connectivity index (χ0) is 37.3. The van der Waals surface area contributed by atoms with E-state index in [1.165, 1.54) is 13.8 Å². The van der Waals surface area contributed by atoms with Crippen LogP contribution in [0.3, 0.4) is 0 Å². The van der Waals surface area contributed by atoms with E-state index < -0.39 is 96.4 Å². The molecule has 20 nitrogen and oxygen atoms in total. The maximum Gasteiger partial charge on any atom is 0.326 e. The number of hydrogen-bond donors (Lipinski definition) is 11. The van der Waals surface area contributed by atoms with Crippen LogP contribution in [0.2, 0.25) is 0 Å². The Kier molecular flexibility index (Phi) is 17.2. The van der Waals surface area contributed by atoms with Crippen molar-refractivity contribution in [3.63, 3.8) is 0 Å². The fraction of sp³-hybridized carbons (Fsp3) is 0.483. The van der Waals surface area contributed by atoms with E-state index in [9.17, 15) is 43.5 Å². The van der Waals surface area contributed by atoms with Gasteiger partial charge in [-0.05, 0) is 32.3 Å². The van der Waals surface area contributed by atoms with Crippen LogP contribution >= 0.6 is 0 Å². The van der Waals surface area contributed by atoms with Crippen molar-refractivity contribution in [1.29, 1.82) is 0 Å². The van der Waals surface area contributed by atoms with Crippen molar-refractivity contribution >= 4 is 53.3 Å². The van der Waals surface area contributed by atoms with Crippen LogP contribution in [0.4, 0.5) is 0 Å². The van der Waals surface area contributed by atoms with Gasteiger partial charge in [-0.1, -0.05) is 30.3 Å². The molecule has 0 fully saturated rings. The number of nitrogens with zero attached hydrogens (tertiary/aromatic N) is 1. The number of nitrogens with one attached hydrogen (secondary N) is 5. The number of carboxylic acids is 1. The molecule has 1 rings (SSSR count). The standard InChI is InChI=1S/C29H45N11O9/c1-14(37-26(46)18(9-6-10-35-29(33)34)38-25(45)17(30)12-21(31)41)23(43)36-15(2)24(44)39-19(11-16-7-4-3-5-8-16)27(47)40-20(28(48)49)13-22(32)42/h3-5,7-8,14-15,17-20H,6,9-13,30H2,1-2H3,(H2,31,41)(H2,32,42)(H,36,43)(H,37,46)(H,38,45)(H,39,44)(H,40,47)(H,48,49)(H4,33,34,35)/t14-,15-,17-,18-,19-,20-/m0/s1. The maximum atomic E-state index is 13.1. The van der Waals surface area contributed by atoms with Gasteiger partial charge < -0.3 is 60.4 Å². The predicted octanol–water partition coefficient (Wildman–Crippen LogP) is -5.09. The summed E-state index contributed by atoms with van der Waals surface area (Å²) in [6.45, 7) is 2.73. The smallest absolute Gasteiger partial charge is 0.326 e. The van der Waals surface area contributed by atoms with E-state index in [0.717, 1.165) is 0 Å². The molecule has 0 aliphatic heterocycles. The van der Waals surface area contributed by atoms with Gasteiger partial charge in [-0.2, -0.15) is 0 Å². The number of carboxylic acid groups (broad SMARTS) is 1. The topological polar surface area (TPSA) is 359 Å². The molecule has 0 saturated heterocycles. The number of amides is 7. The van der Waals surface area contributed by atoms with Gasteiger partial charge in [0.1, 0.15) is 30.2 Å². The highest BCUT2D eigenvalue weighted by Gasteiger charge is 2.31. The highest BCUT2D eigenvalue weighted by atomic mass is 16.4. The summed E-state index contributed by atoms with van der Waals surface area (Å²) in [5.74, 6) is -7.72. The van der Waals surface area contributed by atoms with E-state index >= 15 is 0 Å². The number of carbonyl (C=O) groups is 8. The van der Waals surface area contributed by atoms with Gasteiger partial charge in [0.25, 0.3) is 0 Å². The van der Waals surface area contributed by atoms with Gasteiger partial charge in [-0.25, -0.2) is 4.79 Å². The van der Waals surface area contributed by atoms with Gasteiger partial charge in [-0.3, -0.25) is 38.6 Å². The van der Waals surface area contributed by atoms with Crippen molar-refractivity contribution in [2.24, 2.45) is 33.7 Å². The number of hydrogen-bond acceptors (Lipinski definition) is 10. The highest BCUT2D eigenvalue weighted by Crippen LogP contribution is 2.06. The van der Waals surface area contributed by atoms with E-state index in [2.05, 4.69) is 31.6 Å². The number of carbonyl (C=O) groups excluding carboxylic acids is 7. The molecule has 0 aliphatic rings. The third-order valence-electron chi connectivity index (χ3n) is 6.78. The number of primary amides is 2. The lowest BCUT2D eigenvalue weighted by Gasteiger charge is -2.25. The Morgan fingerprint density at radius 1 is 0.673 bits per heavy atom. The first kappa shape index (κ1) is 41.2. The Morgan fingerprint density at radius 3 is 1.69 bits per heavy atom. The SMILES string of the molecule is C[C@H](NC(=O)[C@H](C)NC(=O)[C@H](CCCN=C(N)N)NC(=O)[C@@H](N)CC(N)=O)C(=O)N[C@@H](Cc1ccccc1)C(=O)N[C@@H](CC(N)=O)C(=O)O. The molecule has 20 heteroatoms. The minimum Gasteiger partial charge on any atom is -0.480 e. The van der Waals surface area contributed by atoms with E-state index in [1.807, 2.05) is 0 Å². The number of nitrogens with two attached hydrogens (primary N) is 5. The van der Waals surface area contributed by atoms with E-state index in [1.54, 1.807) is 30.3 Å². The molecular weight excluding hydrogens is 646 g/mol. The summed E-state index contributed by atoms with van der Waals surface area (Å²) in [6, 6.07) is 0.392. The lowest BCUT2D eigenvalue weighted by molar-refractivity contribution is -0.143. The quantitative estimate of drug-likeness (QED) is 0.0328. The first-order valence-electron chi connectivity index (χ1n) is 15.1. The van der Waals surface area contributed by atoms with Crippen molar-refractivity contribution in [3.05, 3.63) is 35.9 Å². The number of aliphatic carboxylic acids is 1. The molecule has 0 heterocycles. The Morgan fingerprint density at radius 2 is 1.16 bits per heavy atom. The van der Waals surface area contributed by atoms with Crippen LogP contribution in [-0.4, -0.2) is 101 Å². The molecule has 6 atom stereocenters. The van der Waals surface area contributed by atoms with E-state index in [-0.39, 0.29) is 31.8 Å². The van der Waals surface area contributed by atoms with E-state index in [4.69, 9.17) is 28.7 Å². The highest BCUT2D eigenvalue weighted by molar-refractivity contribution is 5.97. The minimum atomic E-state index is -1.65. The molecule has 1 aromatic rings. The molecule has 0 spiro atoms. The molecule has 0 aliphatic carbocycles. The van der Waals surface area contributed by atoms with Crippen molar-refractivity contribution in [2.75, 3.05) is 6.54 Å². The lowest BCUT2D eigenvalue weighted by atomic mass is 10.0. The van der Waals surface area contributed by atoms with Crippen LogP contribution in [0, 0.1) is 0 Å². The summed E-state index contributed by atoms with van der Waals surface area (Å²) in [7, 11) is 0. The number of benzene rings is 1. The van der Waals surface area contributed by atoms with Gasteiger partial charge in [0.2, 0.25) is 41.4 Å². The van der Waals surface area contributed by atoms with Crippen LogP contribution in [0.25, 0.3) is 0 Å². The molecule has 0 bridgehead atoms. The van der Waals surface area contributed by atoms with Crippen LogP contribution in [0.5, 0.6) is 0 Å². The second-order valence-corrected chi connectivity index (χ2v) is 11.1. The lowest BCUT2D eigenvalue weighted by Crippen LogP contribution is -2.58. The molecule has 16 N–H and O–H groups in total. The van der Waals surface area contributed by atoms with Crippen molar-refractivity contribution in [2.45, 2.75) is 82.2 Å². The largest absolute Gasteiger partial charge is 0.480 e. The first-order valence-corrected chi connectivity index (χ1v) is 15.1. The van der Waals surface area contributed by atoms with Crippen LogP contribution in [0.1, 0.15) is 45.1 Å². The van der Waals surface area contributed by atoms with Gasteiger partial charge in [-0.15, -0.1) is 0 Å². The molecular formula is C29H45N11O9. The zero-order valence-electron chi connectivity index (χ0n) is 27.1. The third-order valence-corrected chi connectivity index (χ3v) is 6.78. The molecule has 7 amide bonds. The Labute approximate surface area is 281 Å². The number of guanidine groups is 1. The van der Waals surface area contributed by atoms with Crippen molar-refractivity contribution < 1.29 is 43.5 Å². The van der Waals surface area contributed by atoms with Crippen molar-refractivity contribution in [1.82, 2.24) is 26.6 Å². The van der Waals surface area contributed by atoms with Crippen LogP contribution < -0.4 is 55.3 Å². The molecule has 49 heavy (non-hydrogen) atoms. The summed E-state index contributed by atoms with van der Waals surface area (Å²) in [6.07, 6.45) is -1.00. The van der Waals surface area contributed by atoms with Crippen LogP contribution in [-0.2, 0) is 44.8 Å². The van der Waals surface area contributed by atoms with Crippen LogP contribution in [0.15, 0.2) is 35.3 Å². The molecule has 0 unspecified atom stereocenters. The molecule has 270 valence electrons. The normalized spacial score (nSPS) is 14.3. The molecule has 0 saturated carbocycles. The van der Waals surface area contributed by atoms with Gasteiger partial charge in [0.05, 0.1) is 18.9 Å². The number of rotatable bonds is 21. The average Bonchev–Trinajstić information content (AvgIpc) is 3.01. The summed E-state index contributed by atoms with van der Waals surface area (Å²) < 4.78 is 0. The number of aliphatic imine (C=N–C) groups is 1. The molecule has 1 aromatic carbocycles. The second-order valence-electron chi connectivity index (χ2n) is 11.1. The summed E-state index contributed by atoms with van der Waals surface area (Å²) in [5.41, 5.74) is 27.1. The summed E-state index contributed by atoms with van der Waals surface area (Å²) in [5, 5.41) is 21.3. The first-order chi connectivity index (χ1) is 22.9. The third kappa shape index (κ3) is 16.0. The predicted molar refractivity (Wildman–Crippen MR) is 174 cm³/mol. The Balaban J connectivity index is 2.98. The summed E-state index contributed by atoms with van der Waals surface area (Å²) in [4.78, 5) is 102. The fourth-order valence-electron chi connectivity index (χ4n) is 4.17. The zero-order valence-corrected chi connectivity index (χ0v) is 27.1. The van der Waals surface area contributed by atoms with Gasteiger partial charge in [0, 0.05) is 13.0 Å². The van der Waals surface area contributed by atoms with Gasteiger partial charge >= 0.3 is 5.97 Å². The Hall–Kier alpha value is -5.79. The maximum absolute atomic E-state index is 13.1.